The number of nitrogens with zero attached hydrogens (tertiary/aromatic N) is 2. The quantitative estimate of drug-likeness (QED) is 0.741. The standard InChI is InChI=1S/C23H27N3O2/c1-17-15-25(16-18-6-4-3-5-7-18)10-11-26(17)23(27)12-19-14-24-22-9-8-20(28-2)13-21(19)22/h3-9,13-14,17,24H,10-12,15-16H2,1-2H3. The third-order valence-corrected chi connectivity index (χ3v) is 5.60. The summed E-state index contributed by atoms with van der Waals surface area (Å²) in [7, 11) is 1.66. The molecule has 1 saturated heterocycles. The average molecular weight is 377 g/mol. The van der Waals surface area contributed by atoms with Gasteiger partial charge in [-0.25, -0.2) is 0 Å². The Morgan fingerprint density at radius 2 is 2.00 bits per heavy atom. The van der Waals surface area contributed by atoms with Crippen LogP contribution < -0.4 is 4.74 Å². The van der Waals surface area contributed by atoms with Gasteiger partial charge in [0.1, 0.15) is 5.75 Å². The van der Waals surface area contributed by atoms with Crippen molar-refractivity contribution < 1.29 is 9.53 Å². The normalized spacial score (nSPS) is 17.8. The molecule has 1 amide bonds. The lowest BCUT2D eigenvalue weighted by Crippen LogP contribution is -2.54. The molecule has 1 unspecified atom stereocenters. The van der Waals surface area contributed by atoms with Gasteiger partial charge in [0.15, 0.2) is 0 Å². The molecular weight excluding hydrogens is 350 g/mol. The van der Waals surface area contributed by atoms with Gasteiger partial charge in [-0.05, 0) is 36.2 Å². The van der Waals surface area contributed by atoms with Crippen molar-refractivity contribution >= 4 is 16.8 Å². The van der Waals surface area contributed by atoms with Gasteiger partial charge in [0, 0.05) is 49.3 Å². The van der Waals surface area contributed by atoms with E-state index in [-0.39, 0.29) is 11.9 Å². The number of ether oxygens (including phenoxy) is 1. The van der Waals surface area contributed by atoms with Gasteiger partial charge < -0.3 is 14.6 Å². The molecule has 1 atom stereocenters. The van der Waals surface area contributed by atoms with Crippen molar-refractivity contribution in [3.8, 4) is 5.75 Å². The number of nitrogens with one attached hydrogen (secondary N) is 1. The fourth-order valence-electron chi connectivity index (χ4n) is 4.08. The first-order valence-corrected chi connectivity index (χ1v) is 9.84. The molecule has 0 radical (unpaired) electrons. The van der Waals surface area contributed by atoms with E-state index >= 15 is 0 Å². The number of methoxy groups -OCH3 is 1. The molecule has 1 N–H and O–H groups in total. The Hall–Kier alpha value is -2.79. The maximum absolute atomic E-state index is 13.0. The minimum absolute atomic E-state index is 0.190. The minimum atomic E-state index is 0.190. The summed E-state index contributed by atoms with van der Waals surface area (Å²) in [4.78, 5) is 20.7. The second-order valence-corrected chi connectivity index (χ2v) is 7.56. The topological polar surface area (TPSA) is 48.6 Å². The lowest BCUT2D eigenvalue weighted by molar-refractivity contribution is -0.135. The van der Waals surface area contributed by atoms with E-state index in [0.29, 0.717) is 6.42 Å². The molecule has 0 spiro atoms. The van der Waals surface area contributed by atoms with Gasteiger partial charge in [-0.3, -0.25) is 9.69 Å². The molecule has 2 aromatic carbocycles. The number of H-pyrrole nitrogens is 1. The Kier molecular flexibility index (Phi) is 5.35. The summed E-state index contributed by atoms with van der Waals surface area (Å²) in [5, 5.41) is 1.06. The predicted octanol–water partition coefficient (Wildman–Crippen LogP) is 3.45. The Bertz CT molecular complexity index is 951. The largest absolute Gasteiger partial charge is 0.497 e. The van der Waals surface area contributed by atoms with Crippen LogP contribution in [0.4, 0.5) is 0 Å². The number of aromatic amines is 1. The average Bonchev–Trinajstić information content (AvgIpc) is 3.10. The van der Waals surface area contributed by atoms with Gasteiger partial charge in [-0.2, -0.15) is 0 Å². The zero-order chi connectivity index (χ0) is 19.5. The number of piperazine rings is 1. The lowest BCUT2D eigenvalue weighted by atomic mass is 10.1. The van der Waals surface area contributed by atoms with Crippen molar-refractivity contribution in [1.82, 2.24) is 14.8 Å². The van der Waals surface area contributed by atoms with Crippen molar-refractivity contribution in [2.45, 2.75) is 25.9 Å². The highest BCUT2D eigenvalue weighted by Gasteiger charge is 2.27. The SMILES string of the molecule is COc1ccc2[nH]cc(CC(=O)N3CCN(Cc4ccccc4)CC3C)c2c1. The Labute approximate surface area is 165 Å². The van der Waals surface area contributed by atoms with Crippen LogP contribution in [0.15, 0.2) is 54.7 Å². The Balaban J connectivity index is 1.40. The minimum Gasteiger partial charge on any atom is -0.497 e. The lowest BCUT2D eigenvalue weighted by Gasteiger charge is -2.40. The van der Waals surface area contributed by atoms with E-state index in [0.717, 1.165) is 48.4 Å². The van der Waals surface area contributed by atoms with Crippen molar-refractivity contribution in [3.63, 3.8) is 0 Å². The number of fused-ring (bicyclic) bond motifs is 1. The van der Waals surface area contributed by atoms with Crippen molar-refractivity contribution in [3.05, 3.63) is 65.9 Å². The summed E-state index contributed by atoms with van der Waals surface area (Å²) < 4.78 is 5.33. The van der Waals surface area contributed by atoms with E-state index in [2.05, 4.69) is 41.1 Å². The Morgan fingerprint density at radius 3 is 2.75 bits per heavy atom. The van der Waals surface area contributed by atoms with Gasteiger partial charge >= 0.3 is 0 Å². The number of benzene rings is 2. The molecule has 0 saturated carbocycles. The zero-order valence-corrected chi connectivity index (χ0v) is 16.5. The summed E-state index contributed by atoms with van der Waals surface area (Å²) in [5.74, 6) is 0.999. The fourth-order valence-corrected chi connectivity index (χ4v) is 4.08. The molecule has 0 aliphatic carbocycles. The van der Waals surface area contributed by atoms with Crippen molar-refractivity contribution in [1.29, 1.82) is 0 Å². The molecule has 1 aromatic heterocycles. The molecule has 2 heterocycles. The summed E-state index contributed by atoms with van der Waals surface area (Å²) in [6.45, 7) is 5.68. The van der Waals surface area contributed by atoms with Gasteiger partial charge in [0.05, 0.1) is 13.5 Å². The number of hydrogen-bond acceptors (Lipinski definition) is 3. The zero-order valence-electron chi connectivity index (χ0n) is 16.5. The second kappa shape index (κ2) is 8.07. The third kappa shape index (κ3) is 3.90. The molecule has 1 aliphatic heterocycles. The number of hydrogen-bond donors (Lipinski definition) is 1. The monoisotopic (exact) mass is 377 g/mol. The highest BCUT2D eigenvalue weighted by atomic mass is 16.5. The van der Waals surface area contributed by atoms with E-state index in [9.17, 15) is 4.79 Å². The molecule has 0 bridgehead atoms. The Morgan fingerprint density at radius 1 is 1.18 bits per heavy atom. The molecule has 28 heavy (non-hydrogen) atoms. The van der Waals surface area contributed by atoms with Crippen LogP contribution in [0.25, 0.3) is 10.9 Å². The summed E-state index contributed by atoms with van der Waals surface area (Å²) in [6.07, 6.45) is 2.36. The smallest absolute Gasteiger partial charge is 0.227 e. The van der Waals surface area contributed by atoms with Crippen LogP contribution in [0.3, 0.4) is 0 Å². The maximum Gasteiger partial charge on any atom is 0.227 e. The molecular formula is C23H27N3O2. The second-order valence-electron chi connectivity index (χ2n) is 7.56. The molecule has 5 heteroatoms. The van der Waals surface area contributed by atoms with E-state index in [1.807, 2.05) is 35.4 Å². The van der Waals surface area contributed by atoms with Gasteiger partial charge in [-0.1, -0.05) is 30.3 Å². The van der Waals surface area contributed by atoms with Gasteiger partial charge in [0.25, 0.3) is 0 Å². The first-order chi connectivity index (χ1) is 13.6. The van der Waals surface area contributed by atoms with Crippen LogP contribution in [0, 0.1) is 0 Å². The molecule has 5 nitrogen and oxygen atoms in total. The van der Waals surface area contributed by atoms with Crippen LogP contribution in [-0.2, 0) is 17.8 Å². The molecule has 1 fully saturated rings. The van der Waals surface area contributed by atoms with E-state index < -0.39 is 0 Å². The fraction of sp³-hybridized carbons (Fsp3) is 0.348. The van der Waals surface area contributed by atoms with Crippen molar-refractivity contribution in [2.75, 3.05) is 26.7 Å². The van der Waals surface area contributed by atoms with Crippen LogP contribution in [0.5, 0.6) is 5.75 Å². The number of amides is 1. The highest BCUT2D eigenvalue weighted by molar-refractivity contribution is 5.89. The first-order valence-electron chi connectivity index (χ1n) is 9.84. The summed E-state index contributed by atoms with van der Waals surface area (Å²) in [5.41, 5.74) is 3.38. The van der Waals surface area contributed by atoms with Crippen LogP contribution >= 0.6 is 0 Å². The van der Waals surface area contributed by atoms with E-state index in [4.69, 9.17) is 4.74 Å². The van der Waals surface area contributed by atoms with Gasteiger partial charge in [0.2, 0.25) is 5.91 Å². The molecule has 1 aliphatic rings. The van der Waals surface area contributed by atoms with E-state index in [1.165, 1.54) is 5.56 Å². The molecule has 4 rings (SSSR count). The molecule has 3 aromatic rings. The van der Waals surface area contributed by atoms with Crippen molar-refractivity contribution in [2.24, 2.45) is 0 Å². The summed E-state index contributed by atoms with van der Waals surface area (Å²) in [6, 6.07) is 16.7. The van der Waals surface area contributed by atoms with E-state index in [1.54, 1.807) is 7.11 Å². The predicted molar refractivity (Wildman–Crippen MR) is 111 cm³/mol. The number of aromatic nitrogens is 1. The van der Waals surface area contributed by atoms with Crippen LogP contribution in [0.2, 0.25) is 0 Å². The first kappa shape index (κ1) is 18.6. The number of carbonyl (C=O) groups excluding carboxylic acids is 1. The van der Waals surface area contributed by atoms with Crippen LogP contribution in [-0.4, -0.2) is 53.5 Å². The molecule has 146 valence electrons. The number of carbonyl (C=O) groups is 1. The van der Waals surface area contributed by atoms with Crippen LogP contribution in [0.1, 0.15) is 18.1 Å². The third-order valence-electron chi connectivity index (χ3n) is 5.60. The number of rotatable bonds is 5. The maximum atomic E-state index is 13.0. The van der Waals surface area contributed by atoms with Gasteiger partial charge in [-0.15, -0.1) is 0 Å². The summed E-state index contributed by atoms with van der Waals surface area (Å²) >= 11 is 0. The highest BCUT2D eigenvalue weighted by Crippen LogP contribution is 2.25.